The molecular formula is C20H27BrN4O4. The van der Waals surface area contributed by atoms with Crippen molar-refractivity contribution in [3.05, 3.63) is 49.1 Å². The molecule has 3 N–H and O–H groups in total. The standard InChI is InChI=1S/C20H27BrN4O4/c1-5-7-10-25-17(22)16(18(26)23-20(25)28)24(6-2)19(27)13(4)29-15-9-8-12(3)11-14(15)21/h8-9,11,13H,5-7,10,22H2,1-4H3,(H,23,26,28). The van der Waals surface area contributed by atoms with Gasteiger partial charge in [-0.1, -0.05) is 19.4 Å². The summed E-state index contributed by atoms with van der Waals surface area (Å²) < 4.78 is 7.82. The molecular weight excluding hydrogens is 440 g/mol. The molecule has 9 heteroatoms. The number of carbonyl (C=O) groups excluding carboxylic acids is 1. The van der Waals surface area contributed by atoms with Crippen LogP contribution in [0.2, 0.25) is 0 Å². The molecule has 29 heavy (non-hydrogen) atoms. The van der Waals surface area contributed by atoms with Crippen LogP contribution in [0.3, 0.4) is 0 Å². The molecule has 1 amide bonds. The molecule has 0 aliphatic rings. The Hall–Kier alpha value is -2.55. The highest BCUT2D eigenvalue weighted by molar-refractivity contribution is 9.10. The van der Waals surface area contributed by atoms with Crippen molar-refractivity contribution in [1.82, 2.24) is 9.55 Å². The molecule has 158 valence electrons. The molecule has 0 saturated heterocycles. The Balaban J connectivity index is 2.38. The SMILES string of the molecule is CCCCn1c(N)c(N(CC)C(=O)C(C)Oc2ccc(C)cc2Br)c(=O)[nH]c1=O. The second-order valence-corrected chi connectivity index (χ2v) is 7.63. The zero-order valence-corrected chi connectivity index (χ0v) is 18.7. The van der Waals surface area contributed by atoms with Crippen LogP contribution in [0, 0.1) is 6.92 Å². The molecule has 0 aliphatic heterocycles. The summed E-state index contributed by atoms with van der Waals surface area (Å²) in [5, 5.41) is 0. The number of nitrogen functional groups attached to an aromatic ring is 1. The zero-order valence-electron chi connectivity index (χ0n) is 17.1. The number of likely N-dealkylation sites (N-methyl/N-ethyl adjacent to an activating group) is 1. The maximum absolute atomic E-state index is 13.1. The van der Waals surface area contributed by atoms with E-state index in [0.29, 0.717) is 12.3 Å². The third kappa shape index (κ3) is 5.09. The summed E-state index contributed by atoms with van der Waals surface area (Å²) >= 11 is 3.43. The molecule has 0 bridgehead atoms. The Labute approximate surface area is 177 Å². The van der Waals surface area contributed by atoms with Crippen molar-refractivity contribution in [2.45, 2.75) is 53.2 Å². The van der Waals surface area contributed by atoms with Gasteiger partial charge in [-0.15, -0.1) is 0 Å². The first-order chi connectivity index (χ1) is 13.7. The van der Waals surface area contributed by atoms with Gasteiger partial charge in [0.05, 0.1) is 4.47 Å². The number of H-pyrrole nitrogens is 1. The van der Waals surface area contributed by atoms with E-state index in [0.717, 1.165) is 22.9 Å². The van der Waals surface area contributed by atoms with Crippen LogP contribution in [-0.2, 0) is 11.3 Å². The number of amides is 1. The number of nitrogens with zero attached hydrogens (tertiary/aromatic N) is 2. The normalized spacial score (nSPS) is 11.9. The number of nitrogens with one attached hydrogen (secondary N) is 1. The molecule has 1 unspecified atom stereocenters. The Morgan fingerprint density at radius 3 is 2.62 bits per heavy atom. The van der Waals surface area contributed by atoms with Gasteiger partial charge in [-0.3, -0.25) is 19.1 Å². The van der Waals surface area contributed by atoms with Crippen LogP contribution in [0.1, 0.15) is 39.2 Å². The maximum atomic E-state index is 13.1. The van der Waals surface area contributed by atoms with Crippen molar-refractivity contribution in [2.75, 3.05) is 17.2 Å². The summed E-state index contributed by atoms with van der Waals surface area (Å²) in [5.41, 5.74) is 5.87. The van der Waals surface area contributed by atoms with Crippen LogP contribution in [0.25, 0.3) is 0 Å². The second kappa shape index (κ2) is 9.78. The predicted octanol–water partition coefficient (Wildman–Crippen LogP) is 2.81. The van der Waals surface area contributed by atoms with Crippen LogP contribution in [0.15, 0.2) is 32.3 Å². The van der Waals surface area contributed by atoms with E-state index in [4.69, 9.17) is 10.5 Å². The van der Waals surface area contributed by atoms with E-state index < -0.39 is 23.3 Å². The Morgan fingerprint density at radius 1 is 1.34 bits per heavy atom. The van der Waals surface area contributed by atoms with Crippen molar-refractivity contribution < 1.29 is 9.53 Å². The lowest BCUT2D eigenvalue weighted by Crippen LogP contribution is -2.45. The quantitative estimate of drug-likeness (QED) is 0.621. The van der Waals surface area contributed by atoms with Gasteiger partial charge in [0.15, 0.2) is 11.8 Å². The topological polar surface area (TPSA) is 110 Å². The number of ether oxygens (including phenoxy) is 1. The van der Waals surface area contributed by atoms with Gasteiger partial charge in [0.1, 0.15) is 11.6 Å². The number of aromatic nitrogens is 2. The van der Waals surface area contributed by atoms with Gasteiger partial charge in [-0.25, -0.2) is 4.79 Å². The average Bonchev–Trinajstić information content (AvgIpc) is 2.66. The number of anilines is 2. The molecule has 0 aliphatic carbocycles. The maximum Gasteiger partial charge on any atom is 0.330 e. The van der Waals surface area contributed by atoms with E-state index >= 15 is 0 Å². The molecule has 0 fully saturated rings. The van der Waals surface area contributed by atoms with E-state index in [1.54, 1.807) is 19.9 Å². The van der Waals surface area contributed by atoms with Crippen LogP contribution in [0.4, 0.5) is 11.5 Å². The number of carbonyl (C=O) groups is 1. The fourth-order valence-corrected chi connectivity index (χ4v) is 3.55. The van der Waals surface area contributed by atoms with Crippen molar-refractivity contribution in [3.8, 4) is 5.75 Å². The molecule has 1 heterocycles. The molecule has 1 aromatic carbocycles. The monoisotopic (exact) mass is 466 g/mol. The van der Waals surface area contributed by atoms with Gasteiger partial charge >= 0.3 is 5.69 Å². The number of aromatic amines is 1. The summed E-state index contributed by atoms with van der Waals surface area (Å²) in [4.78, 5) is 41.2. The zero-order chi connectivity index (χ0) is 21.7. The summed E-state index contributed by atoms with van der Waals surface area (Å²) in [6.45, 7) is 7.82. The summed E-state index contributed by atoms with van der Waals surface area (Å²) in [5.74, 6) is 0.0614. The second-order valence-electron chi connectivity index (χ2n) is 6.77. The third-order valence-corrected chi connectivity index (χ3v) is 5.16. The fraction of sp³-hybridized carbons (Fsp3) is 0.450. The number of rotatable bonds is 8. The van der Waals surface area contributed by atoms with Crippen molar-refractivity contribution in [2.24, 2.45) is 0 Å². The lowest BCUT2D eigenvalue weighted by molar-refractivity contribution is -0.124. The van der Waals surface area contributed by atoms with Crippen molar-refractivity contribution >= 4 is 33.3 Å². The summed E-state index contributed by atoms with van der Waals surface area (Å²) in [6, 6.07) is 5.53. The van der Waals surface area contributed by atoms with E-state index in [1.165, 1.54) is 9.47 Å². The molecule has 8 nitrogen and oxygen atoms in total. The minimum absolute atomic E-state index is 0.0221. The molecule has 2 rings (SSSR count). The van der Waals surface area contributed by atoms with Crippen molar-refractivity contribution in [3.63, 3.8) is 0 Å². The molecule has 1 atom stereocenters. The number of hydrogen-bond donors (Lipinski definition) is 2. The first-order valence-corrected chi connectivity index (χ1v) is 10.4. The highest BCUT2D eigenvalue weighted by atomic mass is 79.9. The van der Waals surface area contributed by atoms with Gasteiger partial charge in [-0.05, 0) is 60.8 Å². The number of unbranched alkanes of at least 4 members (excludes halogenated alkanes) is 1. The van der Waals surface area contributed by atoms with Crippen LogP contribution < -0.4 is 26.6 Å². The first kappa shape index (κ1) is 22.7. The van der Waals surface area contributed by atoms with Crippen LogP contribution in [0.5, 0.6) is 5.75 Å². The smallest absolute Gasteiger partial charge is 0.330 e. The van der Waals surface area contributed by atoms with E-state index in [2.05, 4.69) is 20.9 Å². The first-order valence-electron chi connectivity index (χ1n) is 9.58. The number of hydrogen-bond acceptors (Lipinski definition) is 5. The Kier molecular flexibility index (Phi) is 7.66. The van der Waals surface area contributed by atoms with Gasteiger partial charge < -0.3 is 15.4 Å². The Morgan fingerprint density at radius 2 is 2.03 bits per heavy atom. The molecule has 0 spiro atoms. The number of nitrogens with two attached hydrogens (primary N) is 1. The van der Waals surface area contributed by atoms with Crippen molar-refractivity contribution in [1.29, 1.82) is 0 Å². The third-order valence-electron chi connectivity index (χ3n) is 4.54. The van der Waals surface area contributed by atoms with E-state index in [1.807, 2.05) is 26.0 Å². The summed E-state index contributed by atoms with van der Waals surface area (Å²) in [6.07, 6.45) is 0.702. The highest BCUT2D eigenvalue weighted by Gasteiger charge is 2.28. The number of halogens is 1. The molecule has 0 saturated carbocycles. The molecule has 1 aromatic heterocycles. The van der Waals surface area contributed by atoms with Gasteiger partial charge in [0.2, 0.25) is 0 Å². The van der Waals surface area contributed by atoms with E-state index in [9.17, 15) is 14.4 Å². The molecule has 0 radical (unpaired) electrons. The van der Waals surface area contributed by atoms with Gasteiger partial charge in [-0.2, -0.15) is 0 Å². The fourth-order valence-electron chi connectivity index (χ4n) is 2.96. The lowest BCUT2D eigenvalue weighted by atomic mass is 10.2. The Bertz CT molecular complexity index is 999. The highest BCUT2D eigenvalue weighted by Crippen LogP contribution is 2.27. The lowest BCUT2D eigenvalue weighted by Gasteiger charge is -2.26. The minimum atomic E-state index is -0.872. The molecule has 2 aromatic rings. The average molecular weight is 467 g/mol. The summed E-state index contributed by atoms with van der Waals surface area (Å²) in [7, 11) is 0. The van der Waals surface area contributed by atoms with Gasteiger partial charge in [0, 0.05) is 13.1 Å². The predicted molar refractivity (Wildman–Crippen MR) is 118 cm³/mol. The van der Waals surface area contributed by atoms with Gasteiger partial charge in [0.25, 0.3) is 11.5 Å². The number of aryl methyl sites for hydroxylation is 1. The largest absolute Gasteiger partial charge is 0.480 e. The van der Waals surface area contributed by atoms with Crippen LogP contribution in [-0.4, -0.2) is 28.1 Å². The number of benzene rings is 1. The van der Waals surface area contributed by atoms with E-state index in [-0.39, 0.29) is 18.1 Å². The van der Waals surface area contributed by atoms with Crippen LogP contribution >= 0.6 is 15.9 Å². The minimum Gasteiger partial charge on any atom is -0.480 e.